The van der Waals surface area contributed by atoms with Gasteiger partial charge in [-0.2, -0.15) is 0 Å². The molecule has 0 aliphatic carbocycles. The fraction of sp³-hybridized carbons (Fsp3) is 0.231. The van der Waals surface area contributed by atoms with Gasteiger partial charge in [0.05, 0.1) is 6.54 Å². The highest BCUT2D eigenvalue weighted by Crippen LogP contribution is 2.12. The van der Waals surface area contributed by atoms with Gasteiger partial charge in [-0.25, -0.2) is 9.59 Å². The molecule has 1 aromatic rings. The van der Waals surface area contributed by atoms with E-state index in [2.05, 4.69) is 16.0 Å². The molecule has 0 aromatic heterocycles. The fourth-order valence-electron chi connectivity index (χ4n) is 1.85. The second-order valence-electron chi connectivity index (χ2n) is 4.62. The zero-order chi connectivity index (χ0) is 16.1. The summed E-state index contributed by atoms with van der Waals surface area (Å²) in [6, 6.07) is 5.16. The number of carbonyl (C=O) groups is 4. The second-order valence-corrected chi connectivity index (χ2v) is 4.62. The van der Waals surface area contributed by atoms with Gasteiger partial charge < -0.3 is 15.7 Å². The zero-order valence-electron chi connectivity index (χ0n) is 11.4. The molecule has 1 atom stereocenters. The lowest BCUT2D eigenvalue weighted by molar-refractivity contribution is -0.120. The highest BCUT2D eigenvalue weighted by Gasteiger charge is 2.29. The van der Waals surface area contributed by atoms with Gasteiger partial charge in [-0.3, -0.25) is 20.2 Å². The predicted octanol–water partition coefficient (Wildman–Crippen LogP) is -1.03. The molecule has 2 aliphatic rings. The lowest BCUT2D eigenvalue weighted by Gasteiger charge is -2.06. The summed E-state index contributed by atoms with van der Waals surface area (Å²) in [4.78, 5) is 42.1. The molecule has 9 nitrogen and oxygen atoms in total. The Balaban J connectivity index is 0.000000211. The van der Waals surface area contributed by atoms with Crippen molar-refractivity contribution in [2.45, 2.75) is 12.5 Å². The Labute approximate surface area is 125 Å². The molecule has 3 rings (SSSR count). The van der Waals surface area contributed by atoms with Crippen LogP contribution in [0.5, 0.6) is 5.75 Å². The molecule has 2 heterocycles. The summed E-state index contributed by atoms with van der Waals surface area (Å²) in [6.07, 6.45) is 0.428. The Morgan fingerprint density at radius 3 is 2.09 bits per heavy atom. The third kappa shape index (κ3) is 4.20. The molecule has 1 aromatic carbocycles. The van der Waals surface area contributed by atoms with E-state index in [0.29, 0.717) is 6.42 Å². The molecule has 9 heteroatoms. The number of imide groups is 2. The highest BCUT2D eigenvalue weighted by molar-refractivity contribution is 6.04. The second kappa shape index (κ2) is 6.57. The minimum Gasteiger partial charge on any atom is -0.508 e. The van der Waals surface area contributed by atoms with Gasteiger partial charge in [0.1, 0.15) is 11.8 Å². The molecule has 22 heavy (non-hydrogen) atoms. The summed E-state index contributed by atoms with van der Waals surface area (Å²) < 4.78 is 0. The molecule has 6 amide bonds. The molecule has 0 spiro atoms. The number of carbonyl (C=O) groups excluding carboxylic acids is 4. The third-order valence-electron chi connectivity index (χ3n) is 2.90. The van der Waals surface area contributed by atoms with Gasteiger partial charge in [0.2, 0.25) is 5.91 Å². The number of hydrogen-bond donors (Lipinski definition) is 5. The van der Waals surface area contributed by atoms with Crippen molar-refractivity contribution in [2.24, 2.45) is 0 Å². The Bertz CT molecular complexity index is 599. The summed E-state index contributed by atoms with van der Waals surface area (Å²) in [5.41, 5.74) is 0.884. The topological polar surface area (TPSA) is 137 Å². The van der Waals surface area contributed by atoms with E-state index < -0.39 is 18.1 Å². The van der Waals surface area contributed by atoms with Gasteiger partial charge in [-0.15, -0.1) is 0 Å². The molecule has 0 bridgehead atoms. The third-order valence-corrected chi connectivity index (χ3v) is 2.90. The number of benzene rings is 1. The van der Waals surface area contributed by atoms with E-state index in [-0.39, 0.29) is 24.1 Å². The number of phenolic OH excluding ortho intramolecular Hbond substituents is 1. The van der Waals surface area contributed by atoms with Crippen molar-refractivity contribution in [1.82, 2.24) is 21.3 Å². The Hall–Kier alpha value is -3.10. The minimum atomic E-state index is -0.512. The van der Waals surface area contributed by atoms with E-state index in [4.69, 9.17) is 5.11 Å². The minimum absolute atomic E-state index is 0.124. The van der Waals surface area contributed by atoms with Crippen LogP contribution in [0.1, 0.15) is 5.56 Å². The van der Waals surface area contributed by atoms with Crippen LogP contribution < -0.4 is 21.3 Å². The molecular formula is C13H14N4O5. The average molecular weight is 306 g/mol. The van der Waals surface area contributed by atoms with Crippen LogP contribution in [0, 0.1) is 0 Å². The summed E-state index contributed by atoms with van der Waals surface area (Å²) in [6.45, 7) is 0.124. The summed E-state index contributed by atoms with van der Waals surface area (Å²) >= 11 is 0. The first-order chi connectivity index (χ1) is 10.4. The van der Waals surface area contributed by atoms with E-state index in [1.807, 2.05) is 5.32 Å². The molecule has 2 aliphatic heterocycles. The first-order valence-electron chi connectivity index (χ1n) is 6.41. The van der Waals surface area contributed by atoms with Crippen molar-refractivity contribution in [3.05, 3.63) is 29.8 Å². The fourth-order valence-corrected chi connectivity index (χ4v) is 1.85. The monoisotopic (exact) mass is 306 g/mol. The smallest absolute Gasteiger partial charge is 0.322 e. The van der Waals surface area contributed by atoms with Crippen molar-refractivity contribution in [2.75, 3.05) is 6.54 Å². The van der Waals surface area contributed by atoms with Crippen molar-refractivity contribution < 1.29 is 24.3 Å². The van der Waals surface area contributed by atoms with Crippen LogP contribution in [0.25, 0.3) is 0 Å². The standard InChI is InChI=1S/C10H10N2O3.C3H4N2O2/c13-7-3-1-6(2-4-7)5-8-9(14)12-10(15)11-8;6-2-1-4-3(7)5-2/h1-4,8,13H,5H2,(H2,11,12,14,15);1H2,(H2,4,5,6,7). The van der Waals surface area contributed by atoms with Gasteiger partial charge in [0, 0.05) is 6.42 Å². The lowest BCUT2D eigenvalue weighted by atomic mass is 10.1. The molecule has 0 saturated carbocycles. The van der Waals surface area contributed by atoms with Crippen LogP contribution in [0.3, 0.4) is 0 Å². The van der Waals surface area contributed by atoms with Crippen LogP contribution in [0.4, 0.5) is 9.59 Å². The molecule has 0 radical (unpaired) electrons. The number of nitrogens with one attached hydrogen (secondary N) is 4. The van der Waals surface area contributed by atoms with Gasteiger partial charge in [-0.05, 0) is 17.7 Å². The molecule has 1 unspecified atom stereocenters. The largest absolute Gasteiger partial charge is 0.508 e. The van der Waals surface area contributed by atoms with Crippen LogP contribution in [-0.4, -0.2) is 41.6 Å². The first-order valence-corrected chi connectivity index (χ1v) is 6.41. The van der Waals surface area contributed by atoms with Crippen molar-refractivity contribution >= 4 is 23.9 Å². The SMILES string of the molecule is O=C1CNC(=O)N1.O=C1NC(=O)C(Cc2ccc(O)cc2)N1. The van der Waals surface area contributed by atoms with E-state index in [9.17, 15) is 19.2 Å². The number of phenols is 1. The zero-order valence-corrected chi connectivity index (χ0v) is 11.4. The highest BCUT2D eigenvalue weighted by atomic mass is 16.3. The average Bonchev–Trinajstić information content (AvgIpc) is 2.98. The summed E-state index contributed by atoms with van der Waals surface area (Å²) in [7, 11) is 0. The Morgan fingerprint density at radius 1 is 1.00 bits per heavy atom. The maximum absolute atomic E-state index is 11.2. The number of aromatic hydroxyl groups is 1. The van der Waals surface area contributed by atoms with Crippen LogP contribution in [0.15, 0.2) is 24.3 Å². The van der Waals surface area contributed by atoms with Gasteiger partial charge in [0.25, 0.3) is 5.91 Å². The molecule has 116 valence electrons. The van der Waals surface area contributed by atoms with Crippen LogP contribution >= 0.6 is 0 Å². The summed E-state index contributed by atoms with van der Waals surface area (Å²) in [5, 5.41) is 18.0. The van der Waals surface area contributed by atoms with Crippen LogP contribution in [0.2, 0.25) is 0 Å². The normalized spacial score (nSPS) is 19.5. The van der Waals surface area contributed by atoms with E-state index >= 15 is 0 Å². The lowest BCUT2D eigenvalue weighted by Crippen LogP contribution is -2.30. The Kier molecular flexibility index (Phi) is 4.57. The number of urea groups is 2. The molecule has 5 N–H and O–H groups in total. The molecular weight excluding hydrogens is 292 g/mol. The van der Waals surface area contributed by atoms with Gasteiger partial charge in [-0.1, -0.05) is 12.1 Å². The number of amides is 6. The van der Waals surface area contributed by atoms with Gasteiger partial charge in [0.15, 0.2) is 0 Å². The van der Waals surface area contributed by atoms with E-state index in [1.165, 1.54) is 0 Å². The van der Waals surface area contributed by atoms with Crippen molar-refractivity contribution in [3.63, 3.8) is 0 Å². The van der Waals surface area contributed by atoms with Gasteiger partial charge >= 0.3 is 12.1 Å². The van der Waals surface area contributed by atoms with Crippen LogP contribution in [-0.2, 0) is 16.0 Å². The predicted molar refractivity (Wildman–Crippen MR) is 73.8 cm³/mol. The van der Waals surface area contributed by atoms with Crippen molar-refractivity contribution in [3.8, 4) is 5.75 Å². The summed E-state index contributed by atoms with van der Waals surface area (Å²) in [5.74, 6) is -0.392. The first kappa shape index (κ1) is 15.3. The molecule has 2 saturated heterocycles. The number of rotatable bonds is 2. The van der Waals surface area contributed by atoms with Crippen molar-refractivity contribution in [1.29, 1.82) is 0 Å². The van der Waals surface area contributed by atoms with E-state index in [1.54, 1.807) is 24.3 Å². The molecule has 2 fully saturated rings. The number of hydrogen-bond acceptors (Lipinski definition) is 5. The maximum Gasteiger partial charge on any atom is 0.322 e. The quantitative estimate of drug-likeness (QED) is 0.445. The Morgan fingerprint density at radius 2 is 1.68 bits per heavy atom. The van der Waals surface area contributed by atoms with E-state index in [0.717, 1.165) is 5.56 Å². The maximum atomic E-state index is 11.2.